The molecule has 0 fully saturated rings. The predicted molar refractivity (Wildman–Crippen MR) is 122 cm³/mol. The van der Waals surface area contributed by atoms with Gasteiger partial charge in [-0.05, 0) is 42.3 Å². The largest absolute Gasteiger partial charge is 0.497 e. The van der Waals surface area contributed by atoms with Crippen LogP contribution in [0.5, 0.6) is 11.6 Å². The van der Waals surface area contributed by atoms with Crippen LogP contribution >= 0.6 is 0 Å². The van der Waals surface area contributed by atoms with Gasteiger partial charge in [-0.15, -0.1) is 0 Å². The SMILES string of the molecule is COc1ccc(CC(NC(=O)NCc2cccnc2OC)c2nc3ccccc3[nH]2)cc1. The van der Waals surface area contributed by atoms with Gasteiger partial charge in [0, 0.05) is 18.3 Å². The number of carbonyl (C=O) groups is 1. The number of H-pyrrole nitrogens is 1. The Hall–Kier alpha value is -4.07. The normalized spacial score (nSPS) is 11.7. The molecule has 2 aromatic heterocycles. The van der Waals surface area contributed by atoms with Gasteiger partial charge >= 0.3 is 6.03 Å². The molecule has 8 heteroatoms. The molecule has 2 aromatic carbocycles. The first-order chi connectivity index (χ1) is 15.7. The second kappa shape index (κ2) is 9.82. The molecule has 0 saturated carbocycles. The van der Waals surface area contributed by atoms with Crippen molar-refractivity contribution in [2.75, 3.05) is 14.2 Å². The molecule has 2 heterocycles. The molecule has 0 saturated heterocycles. The van der Waals surface area contributed by atoms with Gasteiger partial charge in [-0.25, -0.2) is 14.8 Å². The number of methoxy groups -OCH3 is 2. The van der Waals surface area contributed by atoms with Crippen molar-refractivity contribution in [2.24, 2.45) is 0 Å². The monoisotopic (exact) mass is 431 g/mol. The third-order valence-corrected chi connectivity index (χ3v) is 5.12. The first-order valence-corrected chi connectivity index (χ1v) is 10.3. The number of hydrogen-bond donors (Lipinski definition) is 3. The summed E-state index contributed by atoms with van der Waals surface area (Å²) in [6.45, 7) is 0.290. The van der Waals surface area contributed by atoms with E-state index >= 15 is 0 Å². The second-order valence-corrected chi connectivity index (χ2v) is 7.24. The van der Waals surface area contributed by atoms with Gasteiger partial charge in [0.05, 0.1) is 31.3 Å². The molecule has 1 atom stereocenters. The minimum atomic E-state index is -0.355. The van der Waals surface area contributed by atoms with Gasteiger partial charge in [-0.2, -0.15) is 0 Å². The van der Waals surface area contributed by atoms with Crippen LogP contribution in [0.3, 0.4) is 0 Å². The summed E-state index contributed by atoms with van der Waals surface area (Å²) in [5.74, 6) is 1.96. The van der Waals surface area contributed by atoms with Crippen molar-refractivity contribution in [1.82, 2.24) is 25.6 Å². The number of imidazole rings is 1. The third-order valence-electron chi connectivity index (χ3n) is 5.12. The molecule has 0 aliphatic carbocycles. The Bertz CT molecular complexity index is 1160. The molecule has 0 bridgehead atoms. The van der Waals surface area contributed by atoms with Crippen LogP contribution in [0, 0.1) is 0 Å². The number of para-hydroxylation sites is 2. The predicted octanol–water partition coefficient (Wildman–Crippen LogP) is 3.76. The van der Waals surface area contributed by atoms with E-state index in [0.717, 1.165) is 27.9 Å². The first kappa shape index (κ1) is 21.2. The number of aromatic nitrogens is 3. The van der Waals surface area contributed by atoms with E-state index in [1.54, 1.807) is 26.5 Å². The van der Waals surface area contributed by atoms with E-state index in [0.29, 0.717) is 18.1 Å². The van der Waals surface area contributed by atoms with Crippen LogP contribution in [0.2, 0.25) is 0 Å². The Morgan fingerprint density at radius 2 is 1.84 bits per heavy atom. The molecular weight excluding hydrogens is 406 g/mol. The zero-order valence-electron chi connectivity index (χ0n) is 18.0. The summed E-state index contributed by atoms with van der Waals surface area (Å²) in [7, 11) is 3.19. The molecular formula is C24H25N5O3. The molecule has 0 aliphatic rings. The number of carbonyl (C=O) groups excluding carboxylic acids is 1. The van der Waals surface area contributed by atoms with E-state index in [9.17, 15) is 4.79 Å². The number of nitrogens with one attached hydrogen (secondary N) is 3. The summed E-state index contributed by atoms with van der Waals surface area (Å²) in [6, 6.07) is 18.6. The number of nitrogens with zero attached hydrogens (tertiary/aromatic N) is 2. The highest BCUT2D eigenvalue weighted by Gasteiger charge is 2.19. The summed E-state index contributed by atoms with van der Waals surface area (Å²) >= 11 is 0. The third kappa shape index (κ3) is 4.97. The molecule has 2 amide bonds. The van der Waals surface area contributed by atoms with E-state index in [1.165, 1.54) is 0 Å². The van der Waals surface area contributed by atoms with Crippen LogP contribution < -0.4 is 20.1 Å². The first-order valence-electron chi connectivity index (χ1n) is 10.3. The van der Waals surface area contributed by atoms with Crippen LogP contribution in [0.4, 0.5) is 4.79 Å². The Labute approximate surface area is 186 Å². The van der Waals surface area contributed by atoms with Crippen molar-refractivity contribution in [1.29, 1.82) is 0 Å². The number of aromatic amines is 1. The lowest BCUT2D eigenvalue weighted by Crippen LogP contribution is -2.38. The Morgan fingerprint density at radius 3 is 2.59 bits per heavy atom. The average molecular weight is 431 g/mol. The minimum absolute atomic E-state index is 0.290. The van der Waals surface area contributed by atoms with Crippen molar-refractivity contribution in [3.8, 4) is 11.6 Å². The fourth-order valence-corrected chi connectivity index (χ4v) is 3.48. The molecule has 0 aliphatic heterocycles. The highest BCUT2D eigenvalue weighted by molar-refractivity contribution is 5.76. The maximum absolute atomic E-state index is 12.8. The van der Waals surface area contributed by atoms with Gasteiger partial charge < -0.3 is 25.1 Å². The van der Waals surface area contributed by atoms with Crippen molar-refractivity contribution in [2.45, 2.75) is 19.0 Å². The molecule has 8 nitrogen and oxygen atoms in total. The maximum atomic E-state index is 12.8. The number of amides is 2. The van der Waals surface area contributed by atoms with Gasteiger partial charge in [-0.3, -0.25) is 0 Å². The number of rotatable bonds is 8. The molecule has 1 unspecified atom stereocenters. The van der Waals surface area contributed by atoms with E-state index in [2.05, 4.69) is 25.6 Å². The number of benzene rings is 2. The number of pyridine rings is 1. The number of urea groups is 1. The zero-order chi connectivity index (χ0) is 22.3. The molecule has 3 N–H and O–H groups in total. The molecule has 164 valence electrons. The fourth-order valence-electron chi connectivity index (χ4n) is 3.48. The van der Waals surface area contributed by atoms with Crippen LogP contribution in [0.1, 0.15) is 23.0 Å². The lowest BCUT2D eigenvalue weighted by Gasteiger charge is -2.18. The quantitative estimate of drug-likeness (QED) is 0.394. The highest BCUT2D eigenvalue weighted by Crippen LogP contribution is 2.21. The summed E-state index contributed by atoms with van der Waals surface area (Å²) in [5, 5.41) is 5.92. The lowest BCUT2D eigenvalue weighted by atomic mass is 10.1. The summed E-state index contributed by atoms with van der Waals surface area (Å²) in [6.07, 6.45) is 2.21. The van der Waals surface area contributed by atoms with Crippen LogP contribution in [-0.2, 0) is 13.0 Å². The molecule has 4 aromatic rings. The van der Waals surface area contributed by atoms with Crippen molar-refractivity contribution < 1.29 is 14.3 Å². The highest BCUT2D eigenvalue weighted by atomic mass is 16.5. The van der Waals surface area contributed by atoms with Crippen molar-refractivity contribution in [3.05, 3.63) is 83.8 Å². The van der Waals surface area contributed by atoms with Crippen molar-refractivity contribution in [3.63, 3.8) is 0 Å². The van der Waals surface area contributed by atoms with Crippen LogP contribution in [0.15, 0.2) is 66.9 Å². The second-order valence-electron chi connectivity index (χ2n) is 7.24. The van der Waals surface area contributed by atoms with Gasteiger partial charge in [0.2, 0.25) is 5.88 Å². The van der Waals surface area contributed by atoms with Gasteiger partial charge in [-0.1, -0.05) is 30.3 Å². The van der Waals surface area contributed by atoms with Crippen LogP contribution in [-0.4, -0.2) is 35.2 Å². The van der Waals surface area contributed by atoms with E-state index in [4.69, 9.17) is 9.47 Å². The molecule has 0 spiro atoms. The van der Waals surface area contributed by atoms with Crippen molar-refractivity contribution >= 4 is 17.1 Å². The zero-order valence-corrected chi connectivity index (χ0v) is 18.0. The number of hydrogen-bond acceptors (Lipinski definition) is 5. The topological polar surface area (TPSA) is 101 Å². The molecule has 0 radical (unpaired) electrons. The minimum Gasteiger partial charge on any atom is -0.497 e. The van der Waals surface area contributed by atoms with E-state index in [1.807, 2.05) is 54.6 Å². The summed E-state index contributed by atoms with van der Waals surface area (Å²) < 4.78 is 10.5. The summed E-state index contributed by atoms with van der Waals surface area (Å²) in [5.41, 5.74) is 3.61. The maximum Gasteiger partial charge on any atom is 0.315 e. The lowest BCUT2D eigenvalue weighted by molar-refractivity contribution is 0.236. The Kier molecular flexibility index (Phi) is 6.50. The standard InChI is InChI=1S/C24H25N5O3/c1-31-18-11-9-16(10-12-18)14-21(22-27-19-7-3-4-8-20(19)28-22)29-24(30)26-15-17-6-5-13-25-23(17)32-2/h3-13,21H,14-15H2,1-2H3,(H,27,28)(H2,26,29,30). The van der Waals surface area contributed by atoms with Gasteiger partial charge in [0.25, 0.3) is 0 Å². The van der Waals surface area contributed by atoms with Gasteiger partial charge in [0.15, 0.2) is 0 Å². The summed E-state index contributed by atoms with van der Waals surface area (Å²) in [4.78, 5) is 24.9. The molecule has 32 heavy (non-hydrogen) atoms. The Morgan fingerprint density at radius 1 is 1.03 bits per heavy atom. The van der Waals surface area contributed by atoms with Crippen LogP contribution in [0.25, 0.3) is 11.0 Å². The number of fused-ring (bicyclic) bond motifs is 1. The fraction of sp³-hybridized carbons (Fsp3) is 0.208. The average Bonchev–Trinajstić information content (AvgIpc) is 3.27. The van der Waals surface area contributed by atoms with E-state index in [-0.39, 0.29) is 18.6 Å². The number of ether oxygens (including phenoxy) is 2. The molecule has 4 rings (SSSR count). The smallest absolute Gasteiger partial charge is 0.315 e. The van der Waals surface area contributed by atoms with Gasteiger partial charge in [0.1, 0.15) is 11.6 Å². The Balaban J connectivity index is 1.51. The van der Waals surface area contributed by atoms with E-state index < -0.39 is 0 Å².